The number of hydrazone groups is 1. The molecule has 4 aliphatic heterocycles. The van der Waals surface area contributed by atoms with Crippen LogP contribution in [0.4, 0.5) is 5.95 Å². The number of hydrogen-bond donors (Lipinski definition) is 6. The molecular formula is C91H134N14O9. The van der Waals surface area contributed by atoms with Crippen LogP contribution in [-0.4, -0.2) is 244 Å². The molecule has 23 nitrogen and oxygen atoms in total. The molecule has 2 amide bonds. The van der Waals surface area contributed by atoms with Gasteiger partial charge in [-0.15, -0.1) is 0 Å². The number of aromatic nitrogens is 4. The molecule has 3 saturated heterocycles. The molecule has 0 bridgehead atoms. The summed E-state index contributed by atoms with van der Waals surface area (Å²) in [6.07, 6.45) is 8.28. The highest BCUT2D eigenvalue weighted by molar-refractivity contribution is 5.97. The van der Waals surface area contributed by atoms with Crippen LogP contribution < -0.4 is 35.4 Å². The van der Waals surface area contributed by atoms with Gasteiger partial charge in [0.05, 0.1) is 23.8 Å². The number of nitrogens with zero attached hydrogens (tertiary/aromatic N) is 11. The van der Waals surface area contributed by atoms with Crippen LogP contribution in [0.25, 0.3) is 21.8 Å². The van der Waals surface area contributed by atoms with Crippen LogP contribution in [0.2, 0.25) is 0 Å². The van der Waals surface area contributed by atoms with E-state index in [0.717, 1.165) is 187 Å². The predicted octanol–water partition coefficient (Wildman–Crippen LogP) is 12.6. The summed E-state index contributed by atoms with van der Waals surface area (Å²) in [5, 5.41) is 38.9. The number of anilines is 1. The number of β-amino-alcohol motifs (C(OH)–C–C–N with tert-alkyl or cyclic N) is 2. The standard InChI is InChI=1S/C20H30N4O.C20H28N2O2.C18H30N2O2.C17H18N2O3.C16H28N4O/c1-6-20(4,5)23-9-10-24-17-8-7-15(19(25)21-12-14(2)3)11-16(17)22-18(24)13-23;1-2-9-21-10-12-22(13-11-21)15-19(23)16-24-20-8-7-17-5-3-4-6-18(17)14-20;1-4-7-19-8-10-20(11-9-19)13-17(21)14-22-18-6-5-15(2)16(3)12-18;1-12-6-7-16(8-13(12)2)22-11-17(21)19-18-10-14-4-3-5-15(20)9-14;1-4-6-7-14-13(3)17-16(18-15(14)21)20-11-9-19(8-5-2)10-12-20/h7-8,11,14H,6,9-10,12-13H2,1-5H3,(H,21,25);3-8,14,19,23H,2,9-13,15-16H2,1H3;5-6,12,17,21H,4,7-11,13-14H2,1-3H3;3-10,20H,11H2,1-2H3,(H,19,21);4-12H2,1-3H3,(H,17,18,21)/b;;;18-10+;. The number of ether oxygens (including phenoxy) is 3. The number of nitrogens with one attached hydrogen (secondary N) is 3. The van der Waals surface area contributed by atoms with E-state index in [1.54, 1.807) is 24.3 Å². The molecule has 114 heavy (non-hydrogen) atoms. The van der Waals surface area contributed by atoms with Crippen molar-refractivity contribution in [3.63, 3.8) is 0 Å². The average Bonchev–Trinajstić information content (AvgIpc) is 1.62. The Hall–Kier alpha value is -8.78. The lowest BCUT2D eigenvalue weighted by molar-refractivity contribution is -0.123. The molecule has 3 fully saturated rings. The van der Waals surface area contributed by atoms with E-state index >= 15 is 0 Å². The van der Waals surface area contributed by atoms with Crippen molar-refractivity contribution in [2.45, 2.75) is 173 Å². The van der Waals surface area contributed by atoms with E-state index in [0.29, 0.717) is 55.6 Å². The Labute approximate surface area is 679 Å². The summed E-state index contributed by atoms with van der Waals surface area (Å²) in [4.78, 5) is 65.5. The predicted molar refractivity (Wildman–Crippen MR) is 463 cm³/mol. The topological polar surface area (TPSA) is 245 Å². The van der Waals surface area contributed by atoms with Gasteiger partial charge in [-0.1, -0.05) is 109 Å². The summed E-state index contributed by atoms with van der Waals surface area (Å²) >= 11 is 0. The number of hydrogen-bond acceptors (Lipinski definition) is 19. The normalized spacial score (nSPS) is 15.8. The first-order valence-electron chi connectivity index (χ1n) is 41.8. The first kappa shape index (κ1) is 90.8. The van der Waals surface area contributed by atoms with Gasteiger partial charge in [0, 0.05) is 134 Å². The third kappa shape index (κ3) is 29.5. The van der Waals surface area contributed by atoms with Crippen LogP contribution in [0.1, 0.15) is 156 Å². The van der Waals surface area contributed by atoms with Gasteiger partial charge < -0.3 is 54.1 Å². The highest BCUT2D eigenvalue weighted by Gasteiger charge is 2.31. The number of aromatic hydroxyl groups is 1. The number of aliphatic hydroxyl groups is 2. The minimum Gasteiger partial charge on any atom is -0.508 e. The molecule has 4 aliphatic rings. The molecule has 0 saturated carbocycles. The second kappa shape index (κ2) is 46.7. The van der Waals surface area contributed by atoms with Crippen molar-refractivity contribution in [1.82, 2.24) is 59.7 Å². The third-order valence-corrected chi connectivity index (χ3v) is 21.8. The maximum atomic E-state index is 12.3. The smallest absolute Gasteiger partial charge is 0.277 e. The zero-order chi connectivity index (χ0) is 82.1. The van der Waals surface area contributed by atoms with Crippen LogP contribution in [0.5, 0.6) is 23.0 Å². The Morgan fingerprint density at radius 3 is 1.69 bits per heavy atom. The Balaban J connectivity index is 0.000000179. The largest absolute Gasteiger partial charge is 0.508 e. The zero-order valence-electron chi connectivity index (χ0n) is 71.0. The molecule has 0 spiro atoms. The highest BCUT2D eigenvalue weighted by Crippen LogP contribution is 2.29. The first-order valence-corrected chi connectivity index (χ1v) is 41.8. The van der Waals surface area contributed by atoms with Crippen molar-refractivity contribution in [3.05, 3.63) is 182 Å². The molecule has 6 heterocycles. The number of aliphatic hydroxyl groups excluding tert-OH is 2. The van der Waals surface area contributed by atoms with Gasteiger partial charge in [-0.3, -0.25) is 39.0 Å². The van der Waals surface area contributed by atoms with Crippen molar-refractivity contribution >= 4 is 45.8 Å². The molecule has 2 aromatic heterocycles. The Morgan fingerprint density at radius 1 is 0.596 bits per heavy atom. The second-order valence-corrected chi connectivity index (χ2v) is 31.9. The number of aromatic amines is 1. The van der Waals surface area contributed by atoms with Crippen molar-refractivity contribution < 1.29 is 39.1 Å². The third-order valence-electron chi connectivity index (χ3n) is 21.8. The summed E-state index contributed by atoms with van der Waals surface area (Å²) in [5.41, 5.74) is 12.5. The van der Waals surface area contributed by atoms with Gasteiger partial charge >= 0.3 is 0 Å². The minimum absolute atomic E-state index is 0.0182. The first-order chi connectivity index (χ1) is 54.8. The fourth-order valence-electron chi connectivity index (χ4n) is 14.1. The molecule has 2 atom stereocenters. The number of imidazole rings is 1. The SMILES string of the molecule is CCC(C)(C)N1CCn2c(nc3cc(C(=O)NCC(C)C)ccc32)C1.CCCCc1c(C)nc(N2CCN(CCC)CC2)[nH]c1=O.CCCN1CCN(CC(O)COc2ccc(C)c(C)c2)CC1.CCCN1CCN(CC(O)COc2ccc3ccccc3c2)CC1.Cc1ccc(OCC(=O)N/N=C/c2cccc(O)c2)cc1C. The number of unbranched alkanes of at least 4 members (excludes halogenated alkanes) is 1. The van der Waals surface area contributed by atoms with Gasteiger partial charge in [0.25, 0.3) is 17.4 Å². The molecule has 2 unspecified atom stereocenters. The number of amides is 2. The Kier molecular flexibility index (Phi) is 37.2. The minimum atomic E-state index is -0.450. The van der Waals surface area contributed by atoms with E-state index in [1.165, 1.54) is 60.6 Å². The molecule has 622 valence electrons. The van der Waals surface area contributed by atoms with E-state index < -0.39 is 12.2 Å². The number of fused-ring (bicyclic) bond motifs is 4. The molecule has 8 aromatic rings. The van der Waals surface area contributed by atoms with Crippen LogP contribution in [0.15, 0.2) is 131 Å². The summed E-state index contributed by atoms with van der Waals surface area (Å²) in [6.45, 7) is 51.5. The number of rotatable bonds is 30. The molecule has 0 aliphatic carbocycles. The van der Waals surface area contributed by atoms with Gasteiger partial charge in [0.15, 0.2) is 6.61 Å². The van der Waals surface area contributed by atoms with Gasteiger partial charge in [0.1, 0.15) is 54.2 Å². The Bertz CT molecular complexity index is 4330. The van der Waals surface area contributed by atoms with Gasteiger partial charge in [-0.25, -0.2) is 15.4 Å². The monoisotopic (exact) mass is 1570 g/mol. The molecule has 6 aromatic carbocycles. The van der Waals surface area contributed by atoms with Crippen LogP contribution in [-0.2, 0) is 24.3 Å². The fourth-order valence-corrected chi connectivity index (χ4v) is 14.1. The van der Waals surface area contributed by atoms with Crippen LogP contribution >= 0.6 is 0 Å². The summed E-state index contributed by atoms with van der Waals surface area (Å²) in [5.74, 6) is 4.38. The summed E-state index contributed by atoms with van der Waals surface area (Å²) < 4.78 is 19.2. The number of carbonyl (C=O) groups is 2. The molecule has 0 radical (unpaired) electrons. The molecule has 6 N–H and O–H groups in total. The lowest BCUT2D eigenvalue weighted by atomic mass is 9.98. The molecule has 12 rings (SSSR count). The van der Waals surface area contributed by atoms with Gasteiger partial charge in [-0.2, -0.15) is 5.10 Å². The number of H-pyrrole nitrogens is 1. The average molecular weight is 1570 g/mol. The summed E-state index contributed by atoms with van der Waals surface area (Å²) in [6, 6.07) is 38.5. The van der Waals surface area contributed by atoms with Crippen molar-refractivity contribution in [1.29, 1.82) is 0 Å². The summed E-state index contributed by atoms with van der Waals surface area (Å²) in [7, 11) is 0. The quantitative estimate of drug-likeness (QED) is 0.0181. The zero-order valence-corrected chi connectivity index (χ0v) is 71.0. The van der Waals surface area contributed by atoms with E-state index in [4.69, 9.17) is 19.2 Å². The fraction of sp³-hybridized carbons (Fsp3) is 0.538. The Morgan fingerprint density at radius 2 is 1.15 bits per heavy atom. The van der Waals surface area contributed by atoms with E-state index in [2.05, 4.69) is 165 Å². The number of carbonyl (C=O) groups excluding carboxylic acids is 2. The van der Waals surface area contributed by atoms with E-state index in [-0.39, 0.29) is 35.3 Å². The number of piperazine rings is 3. The number of phenolic OH excluding ortho intramolecular Hbond substituents is 1. The van der Waals surface area contributed by atoms with Gasteiger partial charge in [-0.05, 0) is 218 Å². The lowest BCUT2D eigenvalue weighted by Crippen LogP contribution is -2.49. The van der Waals surface area contributed by atoms with Crippen LogP contribution in [0.3, 0.4) is 0 Å². The van der Waals surface area contributed by atoms with Crippen molar-refractivity contribution in [2.75, 3.05) is 149 Å². The van der Waals surface area contributed by atoms with Crippen LogP contribution in [0, 0.1) is 40.5 Å². The van der Waals surface area contributed by atoms with E-state index in [9.17, 15) is 29.7 Å². The number of phenols is 1. The highest BCUT2D eigenvalue weighted by atomic mass is 16.5. The van der Waals surface area contributed by atoms with Crippen molar-refractivity contribution in [3.8, 4) is 23.0 Å². The van der Waals surface area contributed by atoms with Crippen molar-refractivity contribution in [2.24, 2.45) is 11.0 Å². The lowest BCUT2D eigenvalue weighted by Gasteiger charge is -2.40. The van der Waals surface area contributed by atoms with Gasteiger partial charge in [0.2, 0.25) is 5.95 Å². The second-order valence-electron chi connectivity index (χ2n) is 31.9. The molecular weight excluding hydrogens is 1430 g/mol. The maximum absolute atomic E-state index is 12.3. The maximum Gasteiger partial charge on any atom is 0.277 e. The van der Waals surface area contributed by atoms with E-state index in [1.807, 2.05) is 93.6 Å². The molecule has 23 heteroatoms. The number of aryl methyl sites for hydroxylation is 5. The number of benzene rings is 6.